The third kappa shape index (κ3) is 4.49. The Morgan fingerprint density at radius 1 is 0.962 bits per heavy atom. The van der Waals surface area contributed by atoms with Crippen LogP contribution >= 0.6 is 12.2 Å². The Kier molecular flexibility index (Phi) is 6.02. The van der Waals surface area contributed by atoms with Gasteiger partial charge in [-0.25, -0.2) is 4.68 Å². The monoisotopic (exact) mass is 364 g/mol. The molecule has 0 radical (unpaired) electrons. The summed E-state index contributed by atoms with van der Waals surface area (Å²) in [5.74, 6) is 0. The fourth-order valence-corrected chi connectivity index (χ4v) is 3.12. The van der Waals surface area contributed by atoms with Gasteiger partial charge in [-0.15, -0.1) is 0 Å². The Labute approximate surface area is 160 Å². The van der Waals surface area contributed by atoms with Crippen molar-refractivity contribution in [3.63, 3.8) is 0 Å². The molecular formula is C21H24N4S. The van der Waals surface area contributed by atoms with Crippen molar-refractivity contribution in [1.29, 1.82) is 0 Å². The van der Waals surface area contributed by atoms with Crippen molar-refractivity contribution in [3.8, 4) is 5.69 Å². The zero-order valence-corrected chi connectivity index (χ0v) is 16.0. The minimum absolute atomic E-state index is 0.668. The van der Waals surface area contributed by atoms with E-state index in [9.17, 15) is 0 Å². The van der Waals surface area contributed by atoms with Crippen LogP contribution in [0.1, 0.15) is 22.5 Å². The molecule has 0 bridgehead atoms. The van der Waals surface area contributed by atoms with Gasteiger partial charge in [-0.1, -0.05) is 48.5 Å². The van der Waals surface area contributed by atoms with Gasteiger partial charge >= 0.3 is 0 Å². The molecule has 0 unspecified atom stereocenters. The van der Waals surface area contributed by atoms with Crippen LogP contribution in [0.5, 0.6) is 0 Å². The maximum absolute atomic E-state index is 5.41. The van der Waals surface area contributed by atoms with Gasteiger partial charge in [0.05, 0.1) is 11.4 Å². The molecule has 134 valence electrons. The van der Waals surface area contributed by atoms with E-state index in [2.05, 4.69) is 59.1 Å². The predicted octanol–water partition coefficient (Wildman–Crippen LogP) is 3.70. The lowest BCUT2D eigenvalue weighted by Crippen LogP contribution is -2.36. The average molecular weight is 365 g/mol. The second-order valence-corrected chi connectivity index (χ2v) is 6.65. The van der Waals surface area contributed by atoms with E-state index in [1.165, 1.54) is 11.1 Å². The number of para-hydroxylation sites is 1. The van der Waals surface area contributed by atoms with Crippen LogP contribution in [0.15, 0.2) is 60.7 Å². The molecule has 0 amide bonds. The van der Waals surface area contributed by atoms with Crippen LogP contribution in [-0.4, -0.2) is 21.4 Å². The number of nitrogens with one attached hydrogen (secondary N) is 2. The molecule has 3 aromatic rings. The van der Waals surface area contributed by atoms with Gasteiger partial charge in [-0.3, -0.25) is 0 Å². The van der Waals surface area contributed by atoms with E-state index in [0.29, 0.717) is 11.7 Å². The molecular weight excluding hydrogens is 340 g/mol. The number of benzene rings is 2. The Hall–Kier alpha value is -2.66. The quantitative estimate of drug-likeness (QED) is 0.655. The molecule has 5 heteroatoms. The van der Waals surface area contributed by atoms with Crippen LogP contribution in [0, 0.1) is 13.8 Å². The molecule has 3 rings (SSSR count). The van der Waals surface area contributed by atoms with E-state index in [-0.39, 0.29) is 0 Å². The summed E-state index contributed by atoms with van der Waals surface area (Å²) in [4.78, 5) is 0. The smallest absolute Gasteiger partial charge is 0.166 e. The number of nitrogens with zero attached hydrogens (tertiary/aromatic N) is 2. The van der Waals surface area contributed by atoms with Gasteiger partial charge in [-0.2, -0.15) is 5.10 Å². The highest BCUT2D eigenvalue weighted by Crippen LogP contribution is 2.17. The number of hydrogen-bond acceptors (Lipinski definition) is 2. The van der Waals surface area contributed by atoms with Gasteiger partial charge in [0.25, 0.3) is 0 Å². The van der Waals surface area contributed by atoms with E-state index in [4.69, 9.17) is 12.2 Å². The van der Waals surface area contributed by atoms with E-state index in [1.54, 1.807) is 0 Å². The molecule has 26 heavy (non-hydrogen) atoms. The summed E-state index contributed by atoms with van der Waals surface area (Å²) in [6, 6.07) is 20.6. The van der Waals surface area contributed by atoms with Crippen molar-refractivity contribution >= 4 is 17.3 Å². The first kappa shape index (κ1) is 18.1. The lowest BCUT2D eigenvalue weighted by atomic mass is 10.1. The molecule has 0 atom stereocenters. The van der Waals surface area contributed by atoms with Crippen LogP contribution in [0.25, 0.3) is 5.69 Å². The van der Waals surface area contributed by atoms with Crippen LogP contribution in [0.3, 0.4) is 0 Å². The summed E-state index contributed by atoms with van der Waals surface area (Å²) in [6.07, 6.45) is 0.951. The zero-order chi connectivity index (χ0) is 18.4. The molecule has 2 aromatic carbocycles. The topological polar surface area (TPSA) is 41.9 Å². The molecule has 0 saturated carbocycles. The zero-order valence-electron chi connectivity index (χ0n) is 15.2. The third-order valence-corrected chi connectivity index (χ3v) is 4.70. The molecule has 1 aromatic heterocycles. The molecule has 0 spiro atoms. The molecule has 4 nitrogen and oxygen atoms in total. The minimum Gasteiger partial charge on any atom is -0.362 e. The SMILES string of the molecule is Cc1nn(-c2ccccc2)c(C)c1CNC(=S)NCCc1ccccc1. The maximum Gasteiger partial charge on any atom is 0.166 e. The first-order valence-corrected chi connectivity index (χ1v) is 9.22. The summed E-state index contributed by atoms with van der Waals surface area (Å²) < 4.78 is 1.98. The van der Waals surface area contributed by atoms with Crippen LogP contribution in [-0.2, 0) is 13.0 Å². The first-order valence-electron chi connectivity index (χ1n) is 8.81. The molecule has 0 aliphatic rings. The van der Waals surface area contributed by atoms with Gasteiger partial charge in [0, 0.05) is 24.3 Å². The van der Waals surface area contributed by atoms with Crippen molar-refractivity contribution < 1.29 is 0 Å². The lowest BCUT2D eigenvalue weighted by molar-refractivity contribution is 0.807. The molecule has 2 N–H and O–H groups in total. The molecule has 0 saturated heterocycles. The summed E-state index contributed by atoms with van der Waals surface area (Å²) in [7, 11) is 0. The highest BCUT2D eigenvalue weighted by atomic mass is 32.1. The number of rotatable bonds is 6. The van der Waals surface area contributed by atoms with Crippen molar-refractivity contribution in [2.45, 2.75) is 26.8 Å². The first-order chi connectivity index (χ1) is 12.6. The van der Waals surface area contributed by atoms with Crippen LogP contribution in [0.2, 0.25) is 0 Å². The Bertz CT molecular complexity index is 856. The van der Waals surface area contributed by atoms with Crippen LogP contribution in [0.4, 0.5) is 0 Å². The van der Waals surface area contributed by atoms with Crippen molar-refractivity contribution in [3.05, 3.63) is 83.2 Å². The van der Waals surface area contributed by atoms with Gasteiger partial charge in [0.2, 0.25) is 0 Å². The molecule has 1 heterocycles. The average Bonchev–Trinajstić information content (AvgIpc) is 2.95. The summed E-state index contributed by atoms with van der Waals surface area (Å²) in [6.45, 7) is 5.62. The van der Waals surface area contributed by atoms with Gasteiger partial charge in [0.15, 0.2) is 5.11 Å². The van der Waals surface area contributed by atoms with E-state index in [0.717, 1.165) is 30.0 Å². The molecule has 0 fully saturated rings. The van der Waals surface area contributed by atoms with Crippen LogP contribution < -0.4 is 10.6 Å². The van der Waals surface area contributed by atoms with Crippen molar-refractivity contribution in [2.75, 3.05) is 6.54 Å². The maximum atomic E-state index is 5.41. The largest absolute Gasteiger partial charge is 0.362 e. The highest BCUT2D eigenvalue weighted by Gasteiger charge is 2.12. The molecule has 0 aliphatic carbocycles. The molecule has 0 aliphatic heterocycles. The number of aryl methyl sites for hydroxylation is 1. The fourth-order valence-electron chi connectivity index (χ4n) is 2.95. The van der Waals surface area contributed by atoms with Gasteiger partial charge in [0.1, 0.15) is 0 Å². The standard InChI is InChI=1S/C21H24N4S/c1-16-20(17(2)25(24-16)19-11-7-4-8-12-19)15-23-21(26)22-14-13-18-9-5-3-6-10-18/h3-12H,13-15H2,1-2H3,(H2,22,23,26). The summed E-state index contributed by atoms with van der Waals surface area (Å²) in [5, 5.41) is 11.9. The summed E-state index contributed by atoms with van der Waals surface area (Å²) >= 11 is 5.41. The normalized spacial score (nSPS) is 10.5. The second kappa shape index (κ2) is 8.63. The van der Waals surface area contributed by atoms with Crippen molar-refractivity contribution in [2.24, 2.45) is 0 Å². The summed E-state index contributed by atoms with van der Waals surface area (Å²) in [5.41, 5.74) is 5.71. The Balaban J connectivity index is 1.54. The number of aromatic nitrogens is 2. The van der Waals surface area contributed by atoms with E-state index in [1.807, 2.05) is 35.9 Å². The van der Waals surface area contributed by atoms with Gasteiger partial charge in [-0.05, 0) is 50.2 Å². The Morgan fingerprint density at radius 3 is 2.31 bits per heavy atom. The van der Waals surface area contributed by atoms with E-state index < -0.39 is 0 Å². The Morgan fingerprint density at radius 2 is 1.62 bits per heavy atom. The highest BCUT2D eigenvalue weighted by molar-refractivity contribution is 7.80. The number of hydrogen-bond donors (Lipinski definition) is 2. The van der Waals surface area contributed by atoms with E-state index >= 15 is 0 Å². The third-order valence-electron chi connectivity index (χ3n) is 4.41. The fraction of sp³-hybridized carbons (Fsp3) is 0.238. The number of thiocarbonyl (C=S) groups is 1. The van der Waals surface area contributed by atoms with Crippen molar-refractivity contribution in [1.82, 2.24) is 20.4 Å². The minimum atomic E-state index is 0.668. The predicted molar refractivity (Wildman–Crippen MR) is 111 cm³/mol. The second-order valence-electron chi connectivity index (χ2n) is 6.24. The lowest BCUT2D eigenvalue weighted by Gasteiger charge is -2.11. The van der Waals surface area contributed by atoms with Gasteiger partial charge < -0.3 is 10.6 Å².